The molecule has 0 atom stereocenters. The van der Waals surface area contributed by atoms with E-state index in [4.69, 9.17) is 9.84 Å². The minimum absolute atomic E-state index is 0.102. The third-order valence-electron chi connectivity index (χ3n) is 4.53. The van der Waals surface area contributed by atoms with Crippen molar-refractivity contribution in [3.8, 4) is 5.75 Å². The number of carbonyl (C=O) groups is 2. The summed E-state index contributed by atoms with van der Waals surface area (Å²) in [5.74, 6) is -0.646. The van der Waals surface area contributed by atoms with Crippen molar-refractivity contribution in [1.82, 2.24) is 4.90 Å². The van der Waals surface area contributed by atoms with Gasteiger partial charge in [-0.1, -0.05) is 12.1 Å². The molecular weight excluding hydrogens is 375 g/mol. The highest BCUT2D eigenvalue weighted by Gasteiger charge is 2.30. The summed E-state index contributed by atoms with van der Waals surface area (Å²) >= 11 is 0. The summed E-state index contributed by atoms with van der Waals surface area (Å²) in [6.45, 7) is 0.705. The minimum Gasteiger partial charge on any atom is -0.489 e. The number of hydrogen-bond acceptors (Lipinski definition) is 3. The number of alkyl halides is 3. The monoisotopic (exact) mass is 393 g/mol. The summed E-state index contributed by atoms with van der Waals surface area (Å²) in [4.78, 5) is 24.6. The average molecular weight is 393 g/mol. The third-order valence-corrected chi connectivity index (χ3v) is 4.53. The van der Waals surface area contributed by atoms with Crippen molar-refractivity contribution in [2.45, 2.75) is 25.6 Å². The normalized spacial score (nSPS) is 14.0. The number of amides is 1. The van der Waals surface area contributed by atoms with Crippen LogP contribution in [0.1, 0.15) is 33.5 Å². The molecule has 1 aliphatic heterocycles. The van der Waals surface area contributed by atoms with Crippen molar-refractivity contribution in [2.75, 3.05) is 13.1 Å². The number of ether oxygens (including phenoxy) is 1. The average Bonchev–Trinajstić information content (AvgIpc) is 2.65. The van der Waals surface area contributed by atoms with E-state index in [9.17, 15) is 22.8 Å². The van der Waals surface area contributed by atoms with Gasteiger partial charge in [-0.2, -0.15) is 13.2 Å². The molecule has 1 N–H and O–H groups in total. The largest absolute Gasteiger partial charge is 0.489 e. The van der Waals surface area contributed by atoms with E-state index in [1.165, 1.54) is 17.0 Å². The fraction of sp³-hybridized carbons (Fsp3) is 0.300. The molecule has 0 aromatic heterocycles. The van der Waals surface area contributed by atoms with Crippen LogP contribution in [0.4, 0.5) is 13.2 Å². The van der Waals surface area contributed by atoms with Crippen molar-refractivity contribution in [1.29, 1.82) is 0 Å². The highest BCUT2D eigenvalue weighted by Crippen LogP contribution is 2.29. The Balaban J connectivity index is 1.63. The Morgan fingerprint density at radius 1 is 1.14 bits per heavy atom. The van der Waals surface area contributed by atoms with Gasteiger partial charge in [0.25, 0.3) is 5.91 Å². The maximum absolute atomic E-state index is 12.6. The molecular formula is C20H18F3NO4. The molecule has 0 saturated heterocycles. The Labute approximate surface area is 159 Å². The SMILES string of the molecule is O=C(O)CCN1CCc2cc(OCc3ccc(C(F)(F)F)cc3)ccc2C1=O. The maximum Gasteiger partial charge on any atom is 0.416 e. The van der Waals surface area contributed by atoms with Gasteiger partial charge in [0, 0.05) is 18.7 Å². The van der Waals surface area contributed by atoms with Gasteiger partial charge in [0.15, 0.2) is 0 Å². The molecule has 0 radical (unpaired) electrons. The first-order chi connectivity index (χ1) is 13.2. The van der Waals surface area contributed by atoms with Crippen LogP contribution in [0.25, 0.3) is 0 Å². The summed E-state index contributed by atoms with van der Waals surface area (Å²) in [6, 6.07) is 9.75. The van der Waals surface area contributed by atoms with Crippen molar-refractivity contribution >= 4 is 11.9 Å². The number of fused-ring (bicyclic) bond motifs is 1. The van der Waals surface area contributed by atoms with Crippen LogP contribution in [0, 0.1) is 0 Å². The molecule has 5 nitrogen and oxygen atoms in total. The van der Waals surface area contributed by atoms with Gasteiger partial charge in [0.2, 0.25) is 0 Å². The highest BCUT2D eigenvalue weighted by molar-refractivity contribution is 5.97. The maximum atomic E-state index is 12.6. The van der Waals surface area contributed by atoms with E-state index in [2.05, 4.69) is 0 Å². The highest BCUT2D eigenvalue weighted by atomic mass is 19.4. The molecule has 8 heteroatoms. The molecule has 0 spiro atoms. The van der Waals surface area contributed by atoms with Crippen molar-refractivity contribution in [3.05, 3.63) is 64.7 Å². The van der Waals surface area contributed by atoms with Gasteiger partial charge in [0.1, 0.15) is 12.4 Å². The lowest BCUT2D eigenvalue weighted by atomic mass is 9.98. The van der Waals surface area contributed by atoms with Crippen LogP contribution in [0.15, 0.2) is 42.5 Å². The van der Waals surface area contributed by atoms with Crippen molar-refractivity contribution in [3.63, 3.8) is 0 Å². The topological polar surface area (TPSA) is 66.8 Å². The first kappa shape index (κ1) is 19.7. The molecule has 1 heterocycles. The number of hydrogen-bond donors (Lipinski definition) is 1. The number of halogens is 3. The molecule has 1 amide bonds. The van der Waals surface area contributed by atoms with Crippen LogP contribution >= 0.6 is 0 Å². The predicted octanol–water partition coefficient (Wildman–Crippen LogP) is 3.76. The third kappa shape index (κ3) is 4.62. The van der Waals surface area contributed by atoms with Gasteiger partial charge < -0.3 is 14.7 Å². The molecule has 2 aromatic rings. The lowest BCUT2D eigenvalue weighted by Gasteiger charge is -2.28. The standard InChI is InChI=1S/C20H18F3NO4/c21-20(22,23)15-3-1-13(2-4-15)12-28-16-5-6-17-14(11-16)7-9-24(19(17)27)10-8-18(25)26/h1-6,11H,7-10,12H2,(H,25,26). The van der Waals surface area contributed by atoms with Crippen LogP contribution in [-0.4, -0.2) is 35.0 Å². The molecule has 148 valence electrons. The van der Waals surface area contributed by atoms with Crippen molar-refractivity contribution in [2.24, 2.45) is 0 Å². The zero-order valence-electron chi connectivity index (χ0n) is 14.8. The number of carbonyl (C=O) groups excluding carboxylic acids is 1. The second-order valence-corrected chi connectivity index (χ2v) is 6.49. The fourth-order valence-electron chi connectivity index (χ4n) is 3.00. The van der Waals surface area contributed by atoms with E-state index in [0.29, 0.717) is 29.8 Å². The van der Waals surface area contributed by atoms with E-state index < -0.39 is 17.7 Å². The van der Waals surface area contributed by atoms with Crippen LogP contribution in [0.3, 0.4) is 0 Å². The fourth-order valence-corrected chi connectivity index (χ4v) is 3.00. The summed E-state index contributed by atoms with van der Waals surface area (Å²) in [6.07, 6.45) is -3.89. The van der Waals surface area contributed by atoms with Gasteiger partial charge in [0.05, 0.1) is 12.0 Å². The molecule has 0 fully saturated rings. The minimum atomic E-state index is -4.37. The zero-order chi connectivity index (χ0) is 20.3. The first-order valence-corrected chi connectivity index (χ1v) is 8.67. The van der Waals surface area contributed by atoms with Gasteiger partial charge in [-0.15, -0.1) is 0 Å². The first-order valence-electron chi connectivity index (χ1n) is 8.67. The Morgan fingerprint density at radius 2 is 1.86 bits per heavy atom. The molecule has 3 rings (SSSR count). The van der Waals surface area contributed by atoms with E-state index in [1.54, 1.807) is 18.2 Å². The van der Waals surface area contributed by atoms with Crippen LogP contribution < -0.4 is 4.74 Å². The van der Waals surface area contributed by atoms with Crippen molar-refractivity contribution < 1.29 is 32.6 Å². The van der Waals surface area contributed by atoms with Crippen LogP contribution in [0.5, 0.6) is 5.75 Å². The lowest BCUT2D eigenvalue weighted by molar-refractivity contribution is -0.138. The Hall–Kier alpha value is -3.03. The van der Waals surface area contributed by atoms with Gasteiger partial charge in [-0.3, -0.25) is 9.59 Å². The molecule has 0 bridgehead atoms. The zero-order valence-corrected chi connectivity index (χ0v) is 14.8. The van der Waals surface area contributed by atoms with Gasteiger partial charge in [-0.25, -0.2) is 0 Å². The summed E-state index contributed by atoms with van der Waals surface area (Å²) in [7, 11) is 0. The number of rotatable bonds is 6. The Bertz CT molecular complexity index is 878. The summed E-state index contributed by atoms with van der Waals surface area (Å²) in [5.41, 5.74) is 1.21. The molecule has 2 aromatic carbocycles. The van der Waals surface area contributed by atoms with E-state index in [-0.39, 0.29) is 25.5 Å². The van der Waals surface area contributed by atoms with E-state index in [1.807, 2.05) is 0 Å². The molecule has 28 heavy (non-hydrogen) atoms. The number of aliphatic carboxylic acids is 1. The number of carboxylic acid groups (broad SMARTS) is 1. The summed E-state index contributed by atoms with van der Waals surface area (Å²) < 4.78 is 43.4. The summed E-state index contributed by atoms with van der Waals surface area (Å²) in [5, 5.41) is 8.76. The second kappa shape index (κ2) is 7.92. The molecule has 1 aliphatic rings. The van der Waals surface area contributed by atoms with E-state index in [0.717, 1.165) is 17.7 Å². The molecule has 0 aliphatic carbocycles. The van der Waals surface area contributed by atoms with Gasteiger partial charge in [-0.05, 0) is 47.9 Å². The number of carboxylic acids is 1. The Morgan fingerprint density at radius 3 is 2.50 bits per heavy atom. The number of nitrogens with zero attached hydrogens (tertiary/aromatic N) is 1. The lowest BCUT2D eigenvalue weighted by Crippen LogP contribution is -2.38. The number of benzene rings is 2. The van der Waals surface area contributed by atoms with Crippen LogP contribution in [-0.2, 0) is 24.0 Å². The van der Waals surface area contributed by atoms with E-state index >= 15 is 0 Å². The molecule has 0 saturated carbocycles. The predicted molar refractivity (Wildman–Crippen MR) is 94.1 cm³/mol. The Kier molecular flexibility index (Phi) is 5.58. The van der Waals surface area contributed by atoms with Crippen LogP contribution in [0.2, 0.25) is 0 Å². The molecule has 0 unspecified atom stereocenters. The second-order valence-electron chi connectivity index (χ2n) is 6.49. The quantitative estimate of drug-likeness (QED) is 0.812. The van der Waals surface area contributed by atoms with Gasteiger partial charge >= 0.3 is 12.1 Å². The smallest absolute Gasteiger partial charge is 0.416 e.